The van der Waals surface area contributed by atoms with Crippen LogP contribution in [0.2, 0.25) is 0 Å². The summed E-state index contributed by atoms with van der Waals surface area (Å²) in [5.41, 5.74) is 1.54. The van der Waals surface area contributed by atoms with E-state index in [-0.39, 0.29) is 11.9 Å². The molecule has 0 saturated heterocycles. The zero-order chi connectivity index (χ0) is 16.1. The Balaban J connectivity index is 1.95. The highest BCUT2D eigenvalue weighted by molar-refractivity contribution is 7.11. The van der Waals surface area contributed by atoms with Crippen molar-refractivity contribution in [2.75, 3.05) is 7.05 Å². The summed E-state index contributed by atoms with van der Waals surface area (Å²) >= 11 is 1.65. The molecular formula is C16H21FN4S. The molecule has 2 aromatic rings. The second-order valence-electron chi connectivity index (χ2n) is 5.17. The molecule has 118 valence electrons. The average molecular weight is 320 g/mol. The molecule has 0 aliphatic carbocycles. The van der Waals surface area contributed by atoms with Crippen LogP contribution in [-0.4, -0.2) is 18.0 Å². The Hall–Kier alpha value is -1.95. The molecule has 1 heterocycles. The van der Waals surface area contributed by atoms with E-state index >= 15 is 0 Å². The molecule has 2 N–H and O–H groups in total. The monoisotopic (exact) mass is 320 g/mol. The zero-order valence-electron chi connectivity index (χ0n) is 13.3. The van der Waals surface area contributed by atoms with Gasteiger partial charge in [-0.25, -0.2) is 9.37 Å². The van der Waals surface area contributed by atoms with Gasteiger partial charge >= 0.3 is 0 Å². The molecule has 0 saturated carbocycles. The maximum absolute atomic E-state index is 13.7. The quantitative estimate of drug-likeness (QED) is 0.671. The number of aryl methyl sites for hydroxylation is 2. The van der Waals surface area contributed by atoms with Crippen LogP contribution < -0.4 is 10.6 Å². The average Bonchev–Trinajstić information content (AvgIpc) is 2.91. The fourth-order valence-electron chi connectivity index (χ4n) is 2.00. The minimum atomic E-state index is -0.188. The molecule has 0 spiro atoms. The minimum absolute atomic E-state index is 0.0423. The van der Waals surface area contributed by atoms with Crippen molar-refractivity contribution in [1.29, 1.82) is 0 Å². The van der Waals surface area contributed by atoms with Crippen molar-refractivity contribution in [3.8, 4) is 0 Å². The number of hydrogen-bond acceptors (Lipinski definition) is 3. The number of guanidine groups is 1. The standard InChI is InChI=1S/C16H21FN4S/c1-10-5-6-13(7-14(10)17)12(3)21-16(18-4)20-9-15-19-8-11(2)22-15/h5-8,12H,9H2,1-4H3,(H2,18,20,21). The number of aliphatic imine (C=N–C) groups is 1. The molecule has 1 atom stereocenters. The van der Waals surface area contributed by atoms with Crippen molar-refractivity contribution in [1.82, 2.24) is 15.6 Å². The smallest absolute Gasteiger partial charge is 0.191 e. The topological polar surface area (TPSA) is 49.3 Å². The SMILES string of the molecule is CN=C(NCc1ncc(C)s1)NC(C)c1ccc(C)c(F)c1. The van der Waals surface area contributed by atoms with Crippen molar-refractivity contribution in [3.05, 3.63) is 51.2 Å². The van der Waals surface area contributed by atoms with Gasteiger partial charge in [0.25, 0.3) is 0 Å². The highest BCUT2D eigenvalue weighted by Crippen LogP contribution is 2.16. The lowest BCUT2D eigenvalue weighted by Crippen LogP contribution is -2.38. The normalized spacial score (nSPS) is 13.0. The third kappa shape index (κ3) is 4.27. The number of hydrogen-bond donors (Lipinski definition) is 2. The fourth-order valence-corrected chi connectivity index (χ4v) is 2.73. The largest absolute Gasteiger partial charge is 0.350 e. The van der Waals surface area contributed by atoms with E-state index in [0.29, 0.717) is 18.1 Å². The van der Waals surface area contributed by atoms with Gasteiger partial charge in [0.2, 0.25) is 0 Å². The second-order valence-corrected chi connectivity index (χ2v) is 6.48. The first-order chi connectivity index (χ1) is 10.5. The van der Waals surface area contributed by atoms with Crippen LogP contribution in [0.4, 0.5) is 4.39 Å². The van der Waals surface area contributed by atoms with Crippen LogP contribution in [0.3, 0.4) is 0 Å². The highest BCUT2D eigenvalue weighted by Gasteiger charge is 2.10. The van der Waals surface area contributed by atoms with Crippen molar-refractivity contribution in [3.63, 3.8) is 0 Å². The molecule has 0 amide bonds. The van der Waals surface area contributed by atoms with Gasteiger partial charge in [0.05, 0.1) is 12.6 Å². The van der Waals surface area contributed by atoms with Crippen LogP contribution in [-0.2, 0) is 6.54 Å². The van der Waals surface area contributed by atoms with Gasteiger partial charge < -0.3 is 10.6 Å². The van der Waals surface area contributed by atoms with Gasteiger partial charge in [-0.1, -0.05) is 12.1 Å². The van der Waals surface area contributed by atoms with E-state index in [9.17, 15) is 4.39 Å². The first-order valence-corrected chi connectivity index (χ1v) is 7.95. The van der Waals surface area contributed by atoms with E-state index in [4.69, 9.17) is 0 Å². The van der Waals surface area contributed by atoms with Crippen molar-refractivity contribution in [2.24, 2.45) is 4.99 Å². The summed E-state index contributed by atoms with van der Waals surface area (Å²) in [5.74, 6) is 0.480. The summed E-state index contributed by atoms with van der Waals surface area (Å²) in [7, 11) is 1.71. The van der Waals surface area contributed by atoms with Crippen molar-refractivity contribution < 1.29 is 4.39 Å². The maximum atomic E-state index is 13.7. The summed E-state index contributed by atoms with van der Waals surface area (Å²) in [6, 6.07) is 5.23. The zero-order valence-corrected chi connectivity index (χ0v) is 14.1. The Bertz CT molecular complexity index is 666. The Labute approximate surface area is 134 Å². The molecule has 0 aliphatic heterocycles. The number of benzene rings is 1. The Morgan fingerprint density at radius 2 is 2.18 bits per heavy atom. The lowest BCUT2D eigenvalue weighted by Gasteiger charge is -2.18. The van der Waals surface area contributed by atoms with Gasteiger partial charge in [-0.2, -0.15) is 0 Å². The van der Waals surface area contributed by atoms with Crippen LogP contribution >= 0.6 is 11.3 Å². The molecule has 1 unspecified atom stereocenters. The number of thiazole rings is 1. The summed E-state index contributed by atoms with van der Waals surface area (Å²) in [6.07, 6.45) is 1.86. The van der Waals surface area contributed by atoms with Crippen LogP contribution in [0.1, 0.15) is 34.0 Å². The molecule has 0 radical (unpaired) electrons. The molecule has 4 nitrogen and oxygen atoms in total. The van der Waals surface area contributed by atoms with Gasteiger partial charge in [-0.15, -0.1) is 11.3 Å². The Kier molecular flexibility index (Phi) is 5.49. The number of nitrogens with zero attached hydrogens (tertiary/aromatic N) is 2. The van der Waals surface area contributed by atoms with E-state index in [1.807, 2.05) is 26.1 Å². The van der Waals surface area contributed by atoms with Crippen LogP contribution in [0.15, 0.2) is 29.4 Å². The van der Waals surface area contributed by atoms with E-state index in [2.05, 4.69) is 20.6 Å². The lowest BCUT2D eigenvalue weighted by atomic mass is 10.1. The van der Waals surface area contributed by atoms with Crippen LogP contribution in [0.25, 0.3) is 0 Å². The fraction of sp³-hybridized carbons (Fsp3) is 0.375. The second kappa shape index (κ2) is 7.35. The third-order valence-electron chi connectivity index (χ3n) is 3.35. The highest BCUT2D eigenvalue weighted by atomic mass is 32.1. The van der Waals surface area contributed by atoms with Crippen molar-refractivity contribution >= 4 is 17.3 Å². The maximum Gasteiger partial charge on any atom is 0.191 e. The van der Waals surface area contributed by atoms with E-state index < -0.39 is 0 Å². The number of halogens is 1. The summed E-state index contributed by atoms with van der Waals surface area (Å²) in [5, 5.41) is 7.48. The molecule has 0 aliphatic rings. The minimum Gasteiger partial charge on any atom is -0.350 e. The molecule has 1 aromatic carbocycles. The summed E-state index contributed by atoms with van der Waals surface area (Å²) in [6.45, 7) is 6.38. The van der Waals surface area contributed by atoms with Gasteiger partial charge in [-0.05, 0) is 38.0 Å². The Morgan fingerprint density at radius 1 is 1.41 bits per heavy atom. The van der Waals surface area contributed by atoms with E-state index in [1.165, 1.54) is 4.88 Å². The molecular weight excluding hydrogens is 299 g/mol. The third-order valence-corrected chi connectivity index (χ3v) is 4.26. The molecule has 0 bridgehead atoms. The van der Waals surface area contributed by atoms with Gasteiger partial charge in [0, 0.05) is 18.1 Å². The predicted molar refractivity (Wildman–Crippen MR) is 89.7 cm³/mol. The number of aromatic nitrogens is 1. The molecule has 2 rings (SSSR count). The van der Waals surface area contributed by atoms with Crippen LogP contribution in [0, 0.1) is 19.7 Å². The molecule has 0 fully saturated rings. The summed E-state index contributed by atoms with van der Waals surface area (Å²) in [4.78, 5) is 9.68. The van der Waals surface area contributed by atoms with Gasteiger partial charge in [0.15, 0.2) is 5.96 Å². The van der Waals surface area contributed by atoms with Gasteiger partial charge in [0.1, 0.15) is 10.8 Å². The van der Waals surface area contributed by atoms with Crippen LogP contribution in [0.5, 0.6) is 0 Å². The molecule has 1 aromatic heterocycles. The van der Waals surface area contributed by atoms with E-state index in [0.717, 1.165) is 10.6 Å². The first-order valence-electron chi connectivity index (χ1n) is 7.14. The number of rotatable bonds is 4. The lowest BCUT2D eigenvalue weighted by molar-refractivity contribution is 0.607. The molecule has 6 heteroatoms. The Morgan fingerprint density at radius 3 is 2.77 bits per heavy atom. The van der Waals surface area contributed by atoms with E-state index in [1.54, 1.807) is 37.4 Å². The molecule has 22 heavy (non-hydrogen) atoms. The number of nitrogens with one attached hydrogen (secondary N) is 2. The van der Waals surface area contributed by atoms with Gasteiger partial charge in [-0.3, -0.25) is 4.99 Å². The predicted octanol–water partition coefficient (Wildman–Crippen LogP) is 3.33. The summed E-state index contributed by atoms with van der Waals surface area (Å²) < 4.78 is 13.7. The van der Waals surface area contributed by atoms with Crippen molar-refractivity contribution in [2.45, 2.75) is 33.4 Å². The first kappa shape index (κ1) is 16.4.